The lowest BCUT2D eigenvalue weighted by Gasteiger charge is -2.33. The van der Waals surface area contributed by atoms with Crippen molar-refractivity contribution in [2.45, 2.75) is 19.4 Å². The van der Waals surface area contributed by atoms with Crippen LogP contribution < -0.4 is 10.2 Å². The molecule has 0 bridgehead atoms. The fourth-order valence-corrected chi connectivity index (χ4v) is 3.96. The van der Waals surface area contributed by atoms with E-state index in [1.807, 2.05) is 30.5 Å². The second-order valence-corrected chi connectivity index (χ2v) is 7.75. The molecular weight excluding hydrogens is 404 g/mol. The van der Waals surface area contributed by atoms with Crippen molar-refractivity contribution in [3.8, 4) is 0 Å². The summed E-state index contributed by atoms with van der Waals surface area (Å²) in [6, 6.07) is 12.1. The van der Waals surface area contributed by atoms with Crippen LogP contribution in [0.1, 0.15) is 18.4 Å². The Balaban J connectivity index is 1.39. The minimum atomic E-state index is 0.0674. The molecule has 1 fully saturated rings. The predicted molar refractivity (Wildman–Crippen MR) is 110 cm³/mol. The smallest absolute Gasteiger partial charge is 0.223 e. The Morgan fingerprint density at radius 2 is 2.04 bits per heavy atom. The average Bonchev–Trinajstić information content (AvgIpc) is 2.72. The molecule has 6 heteroatoms. The van der Waals surface area contributed by atoms with Gasteiger partial charge in [-0.05, 0) is 48.7 Å². The molecule has 1 aliphatic rings. The van der Waals surface area contributed by atoms with Crippen molar-refractivity contribution in [3.05, 3.63) is 65.0 Å². The van der Waals surface area contributed by atoms with Gasteiger partial charge in [0.05, 0.1) is 5.52 Å². The molecular formula is C21H21BrN4O. The average molecular weight is 425 g/mol. The zero-order valence-electron chi connectivity index (χ0n) is 14.9. The van der Waals surface area contributed by atoms with E-state index in [1.165, 1.54) is 5.69 Å². The Hall–Kier alpha value is -2.47. The van der Waals surface area contributed by atoms with E-state index in [0.717, 1.165) is 46.9 Å². The number of amides is 1. The first-order chi connectivity index (χ1) is 13.2. The molecule has 3 heterocycles. The van der Waals surface area contributed by atoms with Gasteiger partial charge in [-0.1, -0.05) is 22.0 Å². The molecule has 0 atom stereocenters. The number of halogens is 1. The van der Waals surface area contributed by atoms with Gasteiger partial charge in [-0.25, -0.2) is 0 Å². The highest BCUT2D eigenvalue weighted by atomic mass is 79.9. The van der Waals surface area contributed by atoms with Crippen LogP contribution in [0.25, 0.3) is 10.9 Å². The van der Waals surface area contributed by atoms with Crippen molar-refractivity contribution in [2.75, 3.05) is 18.0 Å². The summed E-state index contributed by atoms with van der Waals surface area (Å²) in [7, 11) is 0. The summed E-state index contributed by atoms with van der Waals surface area (Å²) in [5.74, 6) is 0.207. The van der Waals surface area contributed by atoms with E-state index in [4.69, 9.17) is 0 Å². The minimum Gasteiger partial charge on any atom is -0.371 e. The molecule has 0 radical (unpaired) electrons. The van der Waals surface area contributed by atoms with Crippen LogP contribution >= 0.6 is 15.9 Å². The summed E-state index contributed by atoms with van der Waals surface area (Å²) in [6.07, 6.45) is 7.10. The number of hydrogen-bond acceptors (Lipinski definition) is 4. The van der Waals surface area contributed by atoms with Crippen molar-refractivity contribution in [2.24, 2.45) is 5.92 Å². The van der Waals surface area contributed by atoms with Crippen LogP contribution in [0.2, 0.25) is 0 Å². The van der Waals surface area contributed by atoms with E-state index in [0.29, 0.717) is 6.54 Å². The number of fused-ring (bicyclic) bond motifs is 1. The van der Waals surface area contributed by atoms with Gasteiger partial charge >= 0.3 is 0 Å². The van der Waals surface area contributed by atoms with Crippen LogP contribution in [-0.4, -0.2) is 29.0 Å². The maximum Gasteiger partial charge on any atom is 0.223 e. The number of carbonyl (C=O) groups is 1. The van der Waals surface area contributed by atoms with Gasteiger partial charge in [0.1, 0.15) is 0 Å². The van der Waals surface area contributed by atoms with Crippen molar-refractivity contribution in [1.82, 2.24) is 15.3 Å². The number of nitrogens with one attached hydrogen (secondary N) is 1. The molecule has 0 saturated carbocycles. The Kier molecular flexibility index (Phi) is 5.34. The highest BCUT2D eigenvalue weighted by molar-refractivity contribution is 9.10. The van der Waals surface area contributed by atoms with Gasteiger partial charge in [-0.15, -0.1) is 0 Å². The third kappa shape index (κ3) is 4.11. The third-order valence-corrected chi connectivity index (χ3v) is 5.57. The molecule has 2 aromatic heterocycles. The van der Waals surface area contributed by atoms with Crippen molar-refractivity contribution < 1.29 is 4.79 Å². The lowest BCUT2D eigenvalue weighted by Crippen LogP contribution is -2.40. The number of carbonyl (C=O) groups excluding carboxylic acids is 1. The topological polar surface area (TPSA) is 58.1 Å². The third-order valence-electron chi connectivity index (χ3n) is 5.08. The van der Waals surface area contributed by atoms with Gasteiger partial charge in [0.2, 0.25) is 5.91 Å². The van der Waals surface area contributed by atoms with E-state index in [2.05, 4.69) is 48.2 Å². The van der Waals surface area contributed by atoms with E-state index in [-0.39, 0.29) is 11.8 Å². The first-order valence-electron chi connectivity index (χ1n) is 9.16. The van der Waals surface area contributed by atoms with E-state index in [1.54, 1.807) is 12.4 Å². The van der Waals surface area contributed by atoms with Crippen LogP contribution in [0.15, 0.2) is 59.5 Å². The minimum absolute atomic E-state index is 0.0674. The number of piperidine rings is 1. The van der Waals surface area contributed by atoms with Gasteiger partial charge in [-0.3, -0.25) is 14.8 Å². The maximum atomic E-state index is 12.5. The van der Waals surface area contributed by atoms with E-state index < -0.39 is 0 Å². The van der Waals surface area contributed by atoms with Crippen LogP contribution in [0, 0.1) is 5.92 Å². The van der Waals surface area contributed by atoms with Gasteiger partial charge in [-0.2, -0.15) is 0 Å². The fourth-order valence-electron chi connectivity index (χ4n) is 3.60. The number of aromatic nitrogens is 2. The lowest BCUT2D eigenvalue weighted by atomic mass is 9.95. The fraction of sp³-hybridized carbons (Fsp3) is 0.286. The largest absolute Gasteiger partial charge is 0.371 e. The summed E-state index contributed by atoms with van der Waals surface area (Å²) in [5.41, 5.74) is 3.21. The molecule has 5 nitrogen and oxygen atoms in total. The summed E-state index contributed by atoms with van der Waals surface area (Å²) in [5, 5.41) is 4.19. The standard InChI is InChI=1S/C21H21BrN4O/c22-17-3-4-19-18(12-17)20(5-9-24-19)26-10-6-16(7-11-26)21(27)25-14-15-2-1-8-23-13-15/h1-5,8-9,12-13,16H,6-7,10-11,14H2,(H,25,27). The van der Waals surface area contributed by atoms with Gasteiger partial charge in [0.15, 0.2) is 0 Å². The normalized spacial score (nSPS) is 15.1. The quantitative estimate of drug-likeness (QED) is 0.689. The number of anilines is 1. The molecule has 4 rings (SSSR count). The van der Waals surface area contributed by atoms with Crippen LogP contribution in [0.4, 0.5) is 5.69 Å². The van der Waals surface area contributed by atoms with Crippen LogP contribution in [-0.2, 0) is 11.3 Å². The molecule has 0 spiro atoms. The van der Waals surface area contributed by atoms with Crippen molar-refractivity contribution >= 4 is 38.4 Å². The van der Waals surface area contributed by atoms with Gasteiger partial charge < -0.3 is 10.2 Å². The first-order valence-corrected chi connectivity index (χ1v) is 9.96. The molecule has 1 aliphatic heterocycles. The lowest BCUT2D eigenvalue weighted by molar-refractivity contribution is -0.125. The number of rotatable bonds is 4. The van der Waals surface area contributed by atoms with E-state index >= 15 is 0 Å². The highest BCUT2D eigenvalue weighted by Crippen LogP contribution is 2.31. The SMILES string of the molecule is O=C(NCc1cccnc1)C1CCN(c2ccnc3ccc(Br)cc23)CC1. The Morgan fingerprint density at radius 3 is 2.81 bits per heavy atom. The number of hydrogen-bond donors (Lipinski definition) is 1. The van der Waals surface area contributed by atoms with E-state index in [9.17, 15) is 4.79 Å². The Labute approximate surface area is 166 Å². The zero-order chi connectivity index (χ0) is 18.6. The summed E-state index contributed by atoms with van der Waals surface area (Å²) in [4.78, 5) is 23.4. The van der Waals surface area contributed by atoms with Crippen LogP contribution in [0.5, 0.6) is 0 Å². The summed E-state index contributed by atoms with van der Waals surface area (Å²) < 4.78 is 1.05. The second kappa shape index (κ2) is 8.05. The monoisotopic (exact) mass is 424 g/mol. The highest BCUT2D eigenvalue weighted by Gasteiger charge is 2.25. The van der Waals surface area contributed by atoms with Crippen LogP contribution in [0.3, 0.4) is 0 Å². The zero-order valence-corrected chi connectivity index (χ0v) is 16.5. The summed E-state index contributed by atoms with van der Waals surface area (Å²) in [6.45, 7) is 2.28. The molecule has 138 valence electrons. The van der Waals surface area contributed by atoms with Gasteiger partial charge in [0, 0.05) is 59.7 Å². The molecule has 1 amide bonds. The molecule has 1 N–H and O–H groups in total. The van der Waals surface area contributed by atoms with Crippen molar-refractivity contribution in [1.29, 1.82) is 0 Å². The number of benzene rings is 1. The van der Waals surface area contributed by atoms with Crippen molar-refractivity contribution in [3.63, 3.8) is 0 Å². The molecule has 1 saturated heterocycles. The number of nitrogens with zero attached hydrogens (tertiary/aromatic N) is 3. The summed E-state index contributed by atoms with van der Waals surface area (Å²) >= 11 is 3.55. The molecule has 27 heavy (non-hydrogen) atoms. The Morgan fingerprint density at radius 1 is 1.19 bits per heavy atom. The predicted octanol–water partition coefficient (Wildman–Crippen LogP) is 3.93. The first kappa shape index (κ1) is 17.9. The Bertz CT molecular complexity index is 939. The molecule has 0 unspecified atom stereocenters. The van der Waals surface area contributed by atoms with Gasteiger partial charge in [0.25, 0.3) is 0 Å². The molecule has 0 aliphatic carbocycles. The molecule has 3 aromatic rings. The molecule has 1 aromatic carbocycles. The maximum absolute atomic E-state index is 12.5. The second-order valence-electron chi connectivity index (χ2n) is 6.83. The number of pyridine rings is 2.